The van der Waals surface area contributed by atoms with E-state index in [2.05, 4.69) is 28.7 Å². The smallest absolute Gasteiger partial charge is 0.129 e. The first kappa shape index (κ1) is 8.78. The highest BCUT2D eigenvalue weighted by molar-refractivity contribution is 14.1. The van der Waals surface area contributed by atoms with E-state index in [-0.39, 0.29) is 5.75 Å². The quantitative estimate of drug-likeness (QED) is 0.760. The van der Waals surface area contributed by atoms with E-state index in [1.807, 2.05) is 6.07 Å². The number of thiophene rings is 1. The maximum Gasteiger partial charge on any atom is 0.129 e. The number of aromatic hydroxyl groups is 1. The van der Waals surface area contributed by atoms with E-state index in [9.17, 15) is 5.11 Å². The molecule has 0 aliphatic heterocycles. The van der Waals surface area contributed by atoms with Crippen LogP contribution in [0.4, 0.5) is 0 Å². The van der Waals surface area contributed by atoms with Gasteiger partial charge < -0.3 is 5.11 Å². The second-order valence-electron chi connectivity index (χ2n) is 2.56. The number of hydrogen-bond donors (Lipinski definition) is 1. The Morgan fingerprint density at radius 1 is 1.46 bits per heavy atom. The standard InChI is InChI=1S/C9H4INOS/c10-7-2-9-6(1-8(7)12)5(3-11)4-13-9/h1-2,4,12H. The molecule has 1 heterocycles. The zero-order valence-electron chi connectivity index (χ0n) is 6.41. The van der Waals surface area contributed by atoms with Crippen LogP contribution in [0.3, 0.4) is 0 Å². The summed E-state index contributed by atoms with van der Waals surface area (Å²) in [5.41, 5.74) is 0.631. The lowest BCUT2D eigenvalue weighted by atomic mass is 10.2. The Bertz CT molecular complexity index is 512. The Morgan fingerprint density at radius 3 is 2.92 bits per heavy atom. The molecule has 0 spiro atoms. The molecular weight excluding hydrogens is 297 g/mol. The van der Waals surface area contributed by atoms with Crippen LogP contribution in [0.15, 0.2) is 17.5 Å². The molecule has 0 unspecified atom stereocenters. The van der Waals surface area contributed by atoms with Gasteiger partial charge in [0.2, 0.25) is 0 Å². The molecule has 0 aliphatic carbocycles. The van der Waals surface area contributed by atoms with Crippen molar-refractivity contribution < 1.29 is 5.11 Å². The minimum absolute atomic E-state index is 0.239. The van der Waals surface area contributed by atoms with E-state index in [1.54, 1.807) is 11.4 Å². The number of rotatable bonds is 0. The molecule has 64 valence electrons. The van der Waals surface area contributed by atoms with Crippen LogP contribution in [-0.4, -0.2) is 5.11 Å². The molecule has 1 aromatic carbocycles. The van der Waals surface area contributed by atoms with Gasteiger partial charge in [0, 0.05) is 15.5 Å². The normalized spacial score (nSPS) is 10.2. The Kier molecular flexibility index (Phi) is 2.14. The molecule has 1 aromatic heterocycles. The lowest BCUT2D eigenvalue weighted by Gasteiger charge is -1.96. The second kappa shape index (κ2) is 3.16. The van der Waals surface area contributed by atoms with Crippen LogP contribution in [0.2, 0.25) is 0 Å². The number of benzene rings is 1. The molecule has 2 aromatic rings. The summed E-state index contributed by atoms with van der Waals surface area (Å²) in [5.74, 6) is 0.239. The van der Waals surface area contributed by atoms with Crippen molar-refractivity contribution in [3.8, 4) is 11.8 Å². The largest absolute Gasteiger partial charge is 0.507 e. The fourth-order valence-electron chi connectivity index (χ4n) is 1.12. The predicted molar refractivity (Wildman–Crippen MR) is 60.9 cm³/mol. The van der Waals surface area contributed by atoms with E-state index in [0.29, 0.717) is 5.56 Å². The summed E-state index contributed by atoms with van der Waals surface area (Å²) in [6.45, 7) is 0. The predicted octanol–water partition coefficient (Wildman–Crippen LogP) is 3.08. The lowest BCUT2D eigenvalue weighted by Crippen LogP contribution is -1.74. The molecule has 0 atom stereocenters. The molecule has 0 saturated carbocycles. The minimum Gasteiger partial charge on any atom is -0.507 e. The fourth-order valence-corrected chi connectivity index (χ4v) is 2.71. The van der Waals surface area contributed by atoms with E-state index in [0.717, 1.165) is 13.7 Å². The molecular formula is C9H4INOS. The molecule has 0 bridgehead atoms. The van der Waals surface area contributed by atoms with Gasteiger partial charge >= 0.3 is 0 Å². The van der Waals surface area contributed by atoms with Crippen molar-refractivity contribution in [2.45, 2.75) is 0 Å². The minimum atomic E-state index is 0.239. The summed E-state index contributed by atoms with van der Waals surface area (Å²) in [7, 11) is 0. The van der Waals surface area contributed by atoms with E-state index >= 15 is 0 Å². The third-order valence-electron chi connectivity index (χ3n) is 1.76. The monoisotopic (exact) mass is 301 g/mol. The first-order valence-electron chi connectivity index (χ1n) is 3.52. The Hall–Kier alpha value is -0.800. The highest BCUT2D eigenvalue weighted by atomic mass is 127. The summed E-state index contributed by atoms with van der Waals surface area (Å²) in [6, 6.07) is 5.62. The summed E-state index contributed by atoms with van der Waals surface area (Å²) < 4.78 is 1.86. The van der Waals surface area contributed by atoms with Gasteiger partial charge in [0.05, 0.1) is 9.13 Å². The van der Waals surface area contributed by atoms with Crippen LogP contribution in [0, 0.1) is 14.9 Å². The SMILES string of the molecule is N#Cc1csc2cc(I)c(O)cc12. The molecule has 2 rings (SSSR count). The summed E-state index contributed by atoms with van der Waals surface area (Å²) in [5, 5.41) is 20.8. The van der Waals surface area contributed by atoms with E-state index in [1.165, 1.54) is 11.3 Å². The van der Waals surface area contributed by atoms with Crippen LogP contribution in [0.25, 0.3) is 10.1 Å². The zero-order valence-corrected chi connectivity index (χ0v) is 9.39. The number of phenols is 1. The van der Waals surface area contributed by atoms with Crippen molar-refractivity contribution >= 4 is 44.0 Å². The number of fused-ring (bicyclic) bond motifs is 1. The van der Waals surface area contributed by atoms with Crippen molar-refractivity contribution in [1.82, 2.24) is 0 Å². The van der Waals surface area contributed by atoms with Gasteiger partial charge in [-0.25, -0.2) is 0 Å². The van der Waals surface area contributed by atoms with Crippen LogP contribution >= 0.6 is 33.9 Å². The molecule has 1 N–H and O–H groups in total. The number of nitrogens with zero attached hydrogens (tertiary/aromatic N) is 1. The lowest BCUT2D eigenvalue weighted by molar-refractivity contribution is 0.472. The third-order valence-corrected chi connectivity index (χ3v) is 3.57. The van der Waals surface area contributed by atoms with Gasteiger partial charge in [-0.1, -0.05) is 0 Å². The van der Waals surface area contributed by atoms with Crippen LogP contribution < -0.4 is 0 Å². The molecule has 4 heteroatoms. The highest BCUT2D eigenvalue weighted by Gasteiger charge is 2.06. The number of phenolic OH excluding ortho intramolecular Hbond substituents is 1. The molecule has 0 saturated heterocycles. The fraction of sp³-hybridized carbons (Fsp3) is 0. The molecule has 0 aliphatic rings. The summed E-state index contributed by atoms with van der Waals surface area (Å²) in [6.07, 6.45) is 0. The van der Waals surface area contributed by atoms with Crippen molar-refractivity contribution in [2.75, 3.05) is 0 Å². The van der Waals surface area contributed by atoms with Crippen molar-refractivity contribution in [1.29, 1.82) is 5.26 Å². The maximum atomic E-state index is 9.44. The molecule has 2 nitrogen and oxygen atoms in total. The molecule has 0 radical (unpaired) electrons. The van der Waals surface area contributed by atoms with Gasteiger partial charge in [-0.05, 0) is 34.7 Å². The molecule has 0 fully saturated rings. The number of halogens is 1. The van der Waals surface area contributed by atoms with Gasteiger partial charge in [0.15, 0.2) is 0 Å². The van der Waals surface area contributed by atoms with E-state index in [4.69, 9.17) is 5.26 Å². The van der Waals surface area contributed by atoms with Gasteiger partial charge in [-0.3, -0.25) is 0 Å². The average molecular weight is 301 g/mol. The summed E-state index contributed by atoms with van der Waals surface area (Å²) >= 11 is 3.59. The van der Waals surface area contributed by atoms with Crippen LogP contribution in [0.1, 0.15) is 5.56 Å². The molecule has 0 amide bonds. The van der Waals surface area contributed by atoms with Crippen molar-refractivity contribution in [3.63, 3.8) is 0 Å². The van der Waals surface area contributed by atoms with Crippen LogP contribution in [-0.2, 0) is 0 Å². The number of nitriles is 1. The second-order valence-corrected chi connectivity index (χ2v) is 4.63. The maximum absolute atomic E-state index is 9.44. The Balaban J connectivity index is 2.86. The van der Waals surface area contributed by atoms with Gasteiger partial charge in [-0.2, -0.15) is 5.26 Å². The zero-order chi connectivity index (χ0) is 9.42. The van der Waals surface area contributed by atoms with Crippen molar-refractivity contribution in [2.24, 2.45) is 0 Å². The van der Waals surface area contributed by atoms with Crippen LogP contribution in [0.5, 0.6) is 5.75 Å². The third kappa shape index (κ3) is 1.38. The Labute approximate surface area is 92.6 Å². The van der Waals surface area contributed by atoms with Gasteiger partial charge in [0.25, 0.3) is 0 Å². The van der Waals surface area contributed by atoms with Gasteiger partial charge in [-0.15, -0.1) is 11.3 Å². The average Bonchev–Trinajstić information content (AvgIpc) is 2.48. The van der Waals surface area contributed by atoms with Gasteiger partial charge in [0.1, 0.15) is 11.8 Å². The first-order chi connectivity index (χ1) is 6.22. The highest BCUT2D eigenvalue weighted by Crippen LogP contribution is 2.32. The topological polar surface area (TPSA) is 44.0 Å². The van der Waals surface area contributed by atoms with Crippen molar-refractivity contribution in [3.05, 3.63) is 26.6 Å². The molecule has 13 heavy (non-hydrogen) atoms. The number of hydrogen-bond acceptors (Lipinski definition) is 3. The first-order valence-corrected chi connectivity index (χ1v) is 5.48. The Morgan fingerprint density at radius 2 is 2.23 bits per heavy atom. The summed E-state index contributed by atoms with van der Waals surface area (Å²) in [4.78, 5) is 0. The van der Waals surface area contributed by atoms with E-state index < -0.39 is 0 Å².